The standard InChI is InChI=1S/C14H22N2O3S/c1-4-15-12-5-7-13(8-6-12)20(17,18)16-9-10-19-11-14(16,2)3/h5-8,15H,4,9-11H2,1-3H3. The van der Waals surface area contributed by atoms with E-state index in [4.69, 9.17) is 4.74 Å². The van der Waals surface area contributed by atoms with Gasteiger partial charge in [-0.15, -0.1) is 0 Å². The Balaban J connectivity index is 2.29. The van der Waals surface area contributed by atoms with E-state index in [1.165, 1.54) is 4.31 Å². The molecule has 112 valence electrons. The molecule has 1 N–H and O–H groups in total. The average Bonchev–Trinajstić information content (AvgIpc) is 2.39. The van der Waals surface area contributed by atoms with E-state index >= 15 is 0 Å². The van der Waals surface area contributed by atoms with Crippen LogP contribution in [0.25, 0.3) is 0 Å². The highest BCUT2D eigenvalue weighted by atomic mass is 32.2. The zero-order chi connectivity index (χ0) is 14.8. The number of morpholine rings is 1. The van der Waals surface area contributed by atoms with Gasteiger partial charge < -0.3 is 10.1 Å². The third-order valence-corrected chi connectivity index (χ3v) is 5.52. The minimum absolute atomic E-state index is 0.328. The van der Waals surface area contributed by atoms with Crippen molar-refractivity contribution in [2.45, 2.75) is 31.2 Å². The molecule has 1 aromatic rings. The molecule has 1 aliphatic rings. The van der Waals surface area contributed by atoms with E-state index in [0.717, 1.165) is 12.2 Å². The first-order valence-corrected chi connectivity index (χ1v) is 8.26. The molecule has 1 heterocycles. The van der Waals surface area contributed by atoms with Crippen LogP contribution in [0.5, 0.6) is 0 Å². The van der Waals surface area contributed by atoms with Crippen LogP contribution in [-0.4, -0.2) is 44.6 Å². The Morgan fingerprint density at radius 3 is 2.50 bits per heavy atom. The molecule has 0 spiro atoms. The molecule has 6 heteroatoms. The number of nitrogens with one attached hydrogen (secondary N) is 1. The number of nitrogens with zero attached hydrogens (tertiary/aromatic N) is 1. The minimum atomic E-state index is -3.48. The number of benzene rings is 1. The summed E-state index contributed by atoms with van der Waals surface area (Å²) in [5.41, 5.74) is 0.407. The first-order chi connectivity index (χ1) is 9.38. The number of sulfonamides is 1. The van der Waals surface area contributed by atoms with Gasteiger partial charge in [0.15, 0.2) is 0 Å². The Hall–Kier alpha value is -1.11. The fourth-order valence-corrected chi connectivity index (χ4v) is 4.12. The summed E-state index contributed by atoms with van der Waals surface area (Å²) in [5.74, 6) is 0. The van der Waals surface area contributed by atoms with E-state index in [9.17, 15) is 8.42 Å². The summed E-state index contributed by atoms with van der Waals surface area (Å²) in [4.78, 5) is 0.328. The Labute approximate surface area is 121 Å². The van der Waals surface area contributed by atoms with Gasteiger partial charge >= 0.3 is 0 Å². The predicted octanol–water partition coefficient (Wildman–Crippen LogP) is 1.92. The van der Waals surface area contributed by atoms with Crippen LogP contribution < -0.4 is 5.32 Å². The highest BCUT2D eigenvalue weighted by molar-refractivity contribution is 7.89. The molecular weight excluding hydrogens is 276 g/mol. The number of hydrogen-bond donors (Lipinski definition) is 1. The van der Waals surface area contributed by atoms with Gasteiger partial charge in [0.2, 0.25) is 10.0 Å². The summed E-state index contributed by atoms with van der Waals surface area (Å²) in [6, 6.07) is 6.89. The highest BCUT2D eigenvalue weighted by Crippen LogP contribution is 2.27. The minimum Gasteiger partial charge on any atom is -0.385 e. The molecule has 0 radical (unpaired) electrons. The fourth-order valence-electron chi connectivity index (χ4n) is 2.37. The molecule has 1 fully saturated rings. The maximum absolute atomic E-state index is 12.7. The summed E-state index contributed by atoms with van der Waals surface area (Å²) in [6.45, 7) is 7.83. The Morgan fingerprint density at radius 2 is 1.95 bits per heavy atom. The van der Waals surface area contributed by atoms with E-state index in [-0.39, 0.29) is 0 Å². The second-order valence-electron chi connectivity index (χ2n) is 5.50. The van der Waals surface area contributed by atoms with Gasteiger partial charge in [-0.25, -0.2) is 8.42 Å². The van der Waals surface area contributed by atoms with Gasteiger partial charge in [0.25, 0.3) is 0 Å². The molecule has 0 saturated carbocycles. The molecule has 0 aliphatic carbocycles. The maximum atomic E-state index is 12.7. The predicted molar refractivity (Wildman–Crippen MR) is 79.4 cm³/mol. The molecule has 0 unspecified atom stereocenters. The molecule has 2 rings (SSSR count). The number of rotatable bonds is 4. The van der Waals surface area contributed by atoms with Gasteiger partial charge in [-0.1, -0.05) is 0 Å². The van der Waals surface area contributed by atoms with Crippen LogP contribution in [0, 0.1) is 0 Å². The summed E-state index contributed by atoms with van der Waals surface area (Å²) >= 11 is 0. The second kappa shape index (κ2) is 5.71. The van der Waals surface area contributed by atoms with Gasteiger partial charge in [-0.05, 0) is 45.0 Å². The van der Waals surface area contributed by atoms with Crippen LogP contribution in [0.15, 0.2) is 29.2 Å². The Kier molecular flexibility index (Phi) is 4.36. The lowest BCUT2D eigenvalue weighted by molar-refractivity contribution is -0.00770. The van der Waals surface area contributed by atoms with E-state index in [2.05, 4.69) is 5.32 Å². The lowest BCUT2D eigenvalue weighted by Gasteiger charge is -2.40. The van der Waals surface area contributed by atoms with Crippen LogP contribution in [-0.2, 0) is 14.8 Å². The third kappa shape index (κ3) is 2.97. The van der Waals surface area contributed by atoms with Crippen molar-refractivity contribution in [1.82, 2.24) is 4.31 Å². The van der Waals surface area contributed by atoms with Crippen molar-refractivity contribution >= 4 is 15.7 Å². The summed E-state index contributed by atoms with van der Waals surface area (Å²) < 4.78 is 32.4. The molecule has 0 aromatic heterocycles. The number of anilines is 1. The van der Waals surface area contributed by atoms with E-state index < -0.39 is 15.6 Å². The number of hydrogen-bond acceptors (Lipinski definition) is 4. The van der Waals surface area contributed by atoms with Crippen molar-refractivity contribution in [3.8, 4) is 0 Å². The molecular formula is C14H22N2O3S. The molecule has 0 atom stereocenters. The SMILES string of the molecule is CCNc1ccc(S(=O)(=O)N2CCOCC2(C)C)cc1. The summed E-state index contributed by atoms with van der Waals surface area (Å²) in [5, 5.41) is 3.15. The van der Waals surface area contributed by atoms with Crippen molar-refractivity contribution in [3.05, 3.63) is 24.3 Å². The molecule has 1 saturated heterocycles. The maximum Gasteiger partial charge on any atom is 0.243 e. The Bertz CT molecular complexity index is 552. The molecule has 20 heavy (non-hydrogen) atoms. The zero-order valence-corrected chi connectivity index (χ0v) is 13.0. The lowest BCUT2D eigenvalue weighted by Crippen LogP contribution is -2.55. The highest BCUT2D eigenvalue weighted by Gasteiger charge is 2.39. The Morgan fingerprint density at radius 1 is 1.30 bits per heavy atom. The largest absolute Gasteiger partial charge is 0.385 e. The zero-order valence-electron chi connectivity index (χ0n) is 12.2. The average molecular weight is 298 g/mol. The normalized spacial score (nSPS) is 19.8. The van der Waals surface area contributed by atoms with Crippen LogP contribution >= 0.6 is 0 Å². The summed E-state index contributed by atoms with van der Waals surface area (Å²) in [7, 11) is -3.48. The van der Waals surface area contributed by atoms with Crippen LogP contribution in [0.2, 0.25) is 0 Å². The van der Waals surface area contributed by atoms with Crippen LogP contribution in [0.1, 0.15) is 20.8 Å². The van der Waals surface area contributed by atoms with Gasteiger partial charge in [-0.3, -0.25) is 0 Å². The van der Waals surface area contributed by atoms with E-state index in [0.29, 0.717) is 24.7 Å². The molecule has 0 bridgehead atoms. The van der Waals surface area contributed by atoms with Gasteiger partial charge in [0.05, 0.1) is 23.6 Å². The van der Waals surface area contributed by atoms with Crippen molar-refractivity contribution < 1.29 is 13.2 Å². The number of ether oxygens (including phenoxy) is 1. The molecule has 1 aliphatic heterocycles. The topological polar surface area (TPSA) is 58.6 Å². The first kappa shape index (κ1) is 15.3. The van der Waals surface area contributed by atoms with E-state index in [1.807, 2.05) is 20.8 Å². The smallest absolute Gasteiger partial charge is 0.243 e. The van der Waals surface area contributed by atoms with Crippen molar-refractivity contribution in [1.29, 1.82) is 0 Å². The fraction of sp³-hybridized carbons (Fsp3) is 0.571. The van der Waals surface area contributed by atoms with Gasteiger partial charge in [0.1, 0.15) is 0 Å². The quantitative estimate of drug-likeness (QED) is 0.922. The van der Waals surface area contributed by atoms with Gasteiger partial charge in [-0.2, -0.15) is 4.31 Å². The molecule has 0 amide bonds. The lowest BCUT2D eigenvalue weighted by atomic mass is 10.1. The van der Waals surface area contributed by atoms with E-state index in [1.54, 1.807) is 24.3 Å². The van der Waals surface area contributed by atoms with Crippen molar-refractivity contribution in [2.24, 2.45) is 0 Å². The third-order valence-electron chi connectivity index (χ3n) is 3.39. The monoisotopic (exact) mass is 298 g/mol. The van der Waals surface area contributed by atoms with Gasteiger partial charge in [0, 0.05) is 18.8 Å². The van der Waals surface area contributed by atoms with Crippen LogP contribution in [0.3, 0.4) is 0 Å². The molecule has 1 aromatic carbocycles. The molecule has 5 nitrogen and oxygen atoms in total. The second-order valence-corrected chi connectivity index (χ2v) is 7.36. The first-order valence-electron chi connectivity index (χ1n) is 6.82. The van der Waals surface area contributed by atoms with Crippen molar-refractivity contribution in [3.63, 3.8) is 0 Å². The van der Waals surface area contributed by atoms with Crippen LogP contribution in [0.4, 0.5) is 5.69 Å². The van der Waals surface area contributed by atoms with Crippen molar-refractivity contribution in [2.75, 3.05) is 31.6 Å². The summed E-state index contributed by atoms with van der Waals surface area (Å²) in [6.07, 6.45) is 0.